The first-order valence-electron chi connectivity index (χ1n) is 12.6. The number of nitriles is 1. The van der Waals surface area contributed by atoms with E-state index in [1.54, 1.807) is 41.3 Å². The van der Waals surface area contributed by atoms with E-state index in [0.717, 1.165) is 16.7 Å². The van der Waals surface area contributed by atoms with E-state index >= 15 is 0 Å². The van der Waals surface area contributed by atoms with Crippen molar-refractivity contribution in [3.05, 3.63) is 131 Å². The van der Waals surface area contributed by atoms with Gasteiger partial charge in [-0.1, -0.05) is 72.8 Å². The van der Waals surface area contributed by atoms with Crippen LogP contribution in [0.15, 0.2) is 103 Å². The van der Waals surface area contributed by atoms with Crippen LogP contribution in [0.25, 0.3) is 0 Å². The van der Waals surface area contributed by atoms with Crippen molar-refractivity contribution in [2.24, 2.45) is 0 Å². The van der Waals surface area contributed by atoms with Crippen LogP contribution in [-0.4, -0.2) is 23.3 Å². The molecule has 4 aromatic rings. The minimum atomic E-state index is -0.679. The average Bonchev–Trinajstić information content (AvgIpc) is 2.97. The van der Waals surface area contributed by atoms with Crippen molar-refractivity contribution in [1.82, 2.24) is 4.90 Å². The van der Waals surface area contributed by atoms with Gasteiger partial charge in [-0.3, -0.25) is 9.59 Å². The first kappa shape index (κ1) is 24.8. The third kappa shape index (κ3) is 5.74. The normalized spacial score (nSPS) is 14.2. The molecule has 1 aliphatic heterocycles. The molecule has 38 heavy (non-hydrogen) atoms. The number of ether oxygens (including phenoxy) is 1. The molecule has 0 saturated carbocycles. The van der Waals surface area contributed by atoms with Crippen LogP contribution in [0.2, 0.25) is 0 Å². The highest BCUT2D eigenvalue weighted by Gasteiger charge is 2.34. The predicted octanol–water partition coefficient (Wildman–Crippen LogP) is 5.44. The van der Waals surface area contributed by atoms with Gasteiger partial charge in [-0.25, -0.2) is 0 Å². The molecule has 0 fully saturated rings. The molecule has 0 saturated heterocycles. The molecule has 1 unspecified atom stereocenters. The van der Waals surface area contributed by atoms with Gasteiger partial charge in [0.05, 0.1) is 17.7 Å². The molecule has 188 valence electrons. The third-order valence-corrected chi connectivity index (χ3v) is 6.69. The van der Waals surface area contributed by atoms with E-state index in [9.17, 15) is 9.59 Å². The highest BCUT2D eigenvalue weighted by Crippen LogP contribution is 2.33. The van der Waals surface area contributed by atoms with Gasteiger partial charge in [-0.15, -0.1) is 0 Å². The topological polar surface area (TPSA) is 82.4 Å². The van der Waals surface area contributed by atoms with E-state index in [4.69, 9.17) is 10.00 Å². The second-order valence-electron chi connectivity index (χ2n) is 9.24. The molecule has 1 atom stereocenters. The number of nitrogens with zero attached hydrogens (tertiary/aromatic N) is 2. The standard InChI is InChI=1S/C32H27N3O3/c33-21-24-10-6-11-25(18-24)22-38-28-14-7-13-27(20-28)34-31(36)32(37)35-17-16-26-12-4-5-15-29(26)30(35)19-23-8-2-1-3-9-23/h1-15,18,20,30H,16-17,19,22H2,(H,34,36). The number of hydrogen-bond donors (Lipinski definition) is 1. The second kappa shape index (κ2) is 11.4. The van der Waals surface area contributed by atoms with E-state index in [-0.39, 0.29) is 12.6 Å². The Hall–Kier alpha value is -4.89. The zero-order valence-corrected chi connectivity index (χ0v) is 20.8. The monoisotopic (exact) mass is 501 g/mol. The van der Waals surface area contributed by atoms with Crippen LogP contribution < -0.4 is 10.1 Å². The lowest BCUT2D eigenvalue weighted by Crippen LogP contribution is -2.46. The summed E-state index contributed by atoms with van der Waals surface area (Å²) in [6.45, 7) is 0.756. The number of carbonyl (C=O) groups is 2. The Morgan fingerprint density at radius 1 is 0.895 bits per heavy atom. The van der Waals surface area contributed by atoms with Gasteiger partial charge in [0.2, 0.25) is 0 Å². The zero-order valence-electron chi connectivity index (χ0n) is 20.8. The molecular formula is C32H27N3O3. The van der Waals surface area contributed by atoms with Crippen molar-refractivity contribution in [2.45, 2.75) is 25.5 Å². The highest BCUT2D eigenvalue weighted by atomic mass is 16.5. The molecule has 0 radical (unpaired) electrons. The Bertz CT molecular complexity index is 1490. The molecule has 1 N–H and O–H groups in total. The summed E-state index contributed by atoms with van der Waals surface area (Å²) in [7, 11) is 0. The SMILES string of the molecule is N#Cc1cccc(COc2cccc(NC(=O)C(=O)N3CCc4ccccc4C3Cc3ccccc3)c2)c1. The van der Waals surface area contributed by atoms with Gasteiger partial charge in [-0.2, -0.15) is 5.26 Å². The summed E-state index contributed by atoms with van der Waals surface area (Å²) >= 11 is 0. The van der Waals surface area contributed by atoms with Crippen LogP contribution >= 0.6 is 0 Å². The number of amides is 2. The van der Waals surface area contributed by atoms with Crippen molar-refractivity contribution < 1.29 is 14.3 Å². The van der Waals surface area contributed by atoms with Crippen LogP contribution in [-0.2, 0) is 29.0 Å². The van der Waals surface area contributed by atoms with Crippen LogP contribution in [0.1, 0.15) is 33.9 Å². The number of fused-ring (bicyclic) bond motifs is 1. The third-order valence-electron chi connectivity index (χ3n) is 6.69. The fourth-order valence-corrected chi connectivity index (χ4v) is 4.83. The summed E-state index contributed by atoms with van der Waals surface area (Å²) in [5, 5.41) is 11.8. The number of hydrogen-bond acceptors (Lipinski definition) is 4. The molecule has 0 bridgehead atoms. The smallest absolute Gasteiger partial charge is 0.313 e. The Balaban J connectivity index is 1.29. The summed E-state index contributed by atoms with van der Waals surface area (Å²) < 4.78 is 5.86. The van der Waals surface area contributed by atoms with Crippen molar-refractivity contribution in [3.8, 4) is 11.8 Å². The van der Waals surface area contributed by atoms with E-state index in [1.165, 1.54) is 5.56 Å². The summed E-state index contributed by atoms with van der Waals surface area (Å²) in [4.78, 5) is 28.2. The summed E-state index contributed by atoms with van der Waals surface area (Å²) in [5.41, 5.74) is 5.31. The van der Waals surface area contributed by atoms with Gasteiger partial charge in [0.15, 0.2) is 0 Å². The minimum Gasteiger partial charge on any atom is -0.489 e. The molecule has 6 heteroatoms. The maximum absolute atomic E-state index is 13.4. The lowest BCUT2D eigenvalue weighted by Gasteiger charge is -2.37. The minimum absolute atomic E-state index is 0.223. The van der Waals surface area contributed by atoms with Crippen molar-refractivity contribution in [2.75, 3.05) is 11.9 Å². The quantitative estimate of drug-likeness (QED) is 0.357. The van der Waals surface area contributed by atoms with Crippen molar-refractivity contribution in [3.63, 3.8) is 0 Å². The summed E-state index contributed by atoms with van der Waals surface area (Å²) in [6, 6.07) is 34.2. The van der Waals surface area contributed by atoms with Crippen molar-refractivity contribution in [1.29, 1.82) is 5.26 Å². The summed E-state index contributed by atoms with van der Waals surface area (Å²) in [6.07, 6.45) is 1.34. The number of nitrogens with one attached hydrogen (secondary N) is 1. The Labute approximate surface area is 222 Å². The summed E-state index contributed by atoms with van der Waals surface area (Å²) in [5.74, 6) is -0.687. The van der Waals surface area contributed by atoms with Gasteiger partial charge in [-0.05, 0) is 59.4 Å². The Morgan fingerprint density at radius 2 is 1.66 bits per heavy atom. The van der Waals surface area contributed by atoms with Crippen LogP contribution in [0, 0.1) is 11.3 Å². The second-order valence-corrected chi connectivity index (χ2v) is 9.24. The van der Waals surface area contributed by atoms with Gasteiger partial charge in [0.1, 0.15) is 12.4 Å². The molecule has 6 nitrogen and oxygen atoms in total. The van der Waals surface area contributed by atoms with Gasteiger partial charge < -0.3 is 15.0 Å². The molecule has 4 aromatic carbocycles. The molecule has 0 aliphatic carbocycles. The van der Waals surface area contributed by atoms with E-state index in [0.29, 0.717) is 36.4 Å². The maximum atomic E-state index is 13.4. The lowest BCUT2D eigenvalue weighted by molar-refractivity contribution is -0.145. The number of carbonyl (C=O) groups excluding carboxylic acids is 2. The molecule has 1 heterocycles. The molecule has 0 aromatic heterocycles. The molecule has 2 amide bonds. The fraction of sp³-hybridized carbons (Fsp3) is 0.156. The van der Waals surface area contributed by atoms with Gasteiger partial charge in [0, 0.05) is 18.3 Å². The van der Waals surface area contributed by atoms with E-state index in [2.05, 4.69) is 17.5 Å². The first-order valence-corrected chi connectivity index (χ1v) is 12.6. The number of anilines is 1. The molecule has 0 spiro atoms. The van der Waals surface area contributed by atoms with E-state index < -0.39 is 11.8 Å². The zero-order chi connectivity index (χ0) is 26.3. The Kier molecular flexibility index (Phi) is 7.47. The predicted molar refractivity (Wildman–Crippen MR) is 145 cm³/mol. The number of benzene rings is 4. The van der Waals surface area contributed by atoms with Crippen molar-refractivity contribution >= 4 is 17.5 Å². The van der Waals surface area contributed by atoms with Crippen LogP contribution in [0.3, 0.4) is 0 Å². The van der Waals surface area contributed by atoms with E-state index in [1.807, 2.05) is 60.7 Å². The van der Waals surface area contributed by atoms with Gasteiger partial charge in [0.25, 0.3) is 0 Å². The highest BCUT2D eigenvalue weighted by molar-refractivity contribution is 6.39. The molecule has 5 rings (SSSR count). The maximum Gasteiger partial charge on any atom is 0.313 e. The fourth-order valence-electron chi connectivity index (χ4n) is 4.83. The first-order chi connectivity index (χ1) is 18.6. The average molecular weight is 502 g/mol. The molecule has 1 aliphatic rings. The number of rotatable bonds is 6. The van der Waals surface area contributed by atoms with Gasteiger partial charge >= 0.3 is 11.8 Å². The molecular weight excluding hydrogens is 474 g/mol. The van der Waals surface area contributed by atoms with Crippen LogP contribution in [0.4, 0.5) is 5.69 Å². The Morgan fingerprint density at radius 3 is 2.50 bits per heavy atom. The lowest BCUT2D eigenvalue weighted by atomic mass is 9.88. The largest absolute Gasteiger partial charge is 0.489 e. The van der Waals surface area contributed by atoms with Crippen LogP contribution in [0.5, 0.6) is 5.75 Å².